The summed E-state index contributed by atoms with van der Waals surface area (Å²) in [6.45, 7) is 7.02. The van der Waals surface area contributed by atoms with Gasteiger partial charge in [-0.1, -0.05) is 57.0 Å². The molecule has 2 heterocycles. The van der Waals surface area contributed by atoms with E-state index >= 15 is 0 Å². The maximum Gasteiger partial charge on any atom is 0.239 e. The Morgan fingerprint density at radius 2 is 1.83 bits per heavy atom. The van der Waals surface area contributed by atoms with Crippen molar-refractivity contribution in [2.45, 2.75) is 58.5 Å². The predicted molar refractivity (Wildman–Crippen MR) is 127 cm³/mol. The lowest BCUT2D eigenvalue weighted by atomic mass is 9.89. The topological polar surface area (TPSA) is 64.2 Å². The van der Waals surface area contributed by atoms with Crippen molar-refractivity contribution in [1.82, 2.24) is 14.5 Å². The lowest BCUT2D eigenvalue weighted by Crippen LogP contribution is -2.48. The van der Waals surface area contributed by atoms with Gasteiger partial charge in [0.2, 0.25) is 5.91 Å². The molecule has 1 amide bonds. The van der Waals surface area contributed by atoms with Crippen LogP contribution in [0.2, 0.25) is 0 Å². The molecule has 0 saturated carbocycles. The molecule has 3 rings (SSSR count). The molecule has 0 bridgehead atoms. The molecule has 1 aromatic heterocycles. The molecule has 0 aliphatic carbocycles. The molecule has 1 aliphatic heterocycles. The Morgan fingerprint density at radius 1 is 1.17 bits per heavy atom. The van der Waals surface area contributed by atoms with Gasteiger partial charge in [-0.2, -0.15) is 0 Å². The number of benzene rings is 1. The molecule has 5 nitrogen and oxygen atoms in total. The molecule has 30 heavy (non-hydrogen) atoms. The summed E-state index contributed by atoms with van der Waals surface area (Å²) >= 11 is 0. The summed E-state index contributed by atoms with van der Waals surface area (Å²) in [4.78, 5) is 19.1. The average Bonchev–Trinajstić information content (AvgIpc) is 3.13. The number of amides is 1. The van der Waals surface area contributed by atoms with Crippen LogP contribution in [0, 0.1) is 11.8 Å². The van der Waals surface area contributed by atoms with Crippen molar-refractivity contribution in [1.29, 1.82) is 0 Å². The number of carbonyl (C=O) groups is 1. The van der Waals surface area contributed by atoms with Gasteiger partial charge in [-0.25, -0.2) is 4.98 Å². The van der Waals surface area contributed by atoms with Crippen molar-refractivity contribution in [3.63, 3.8) is 0 Å². The van der Waals surface area contributed by atoms with Gasteiger partial charge in [0.15, 0.2) is 0 Å². The van der Waals surface area contributed by atoms with Crippen molar-refractivity contribution in [3.8, 4) is 0 Å². The third-order valence-corrected chi connectivity index (χ3v) is 5.72. The molecule has 7 heteroatoms. The number of hydrogen-bond donors (Lipinski definition) is 1. The fourth-order valence-corrected chi connectivity index (χ4v) is 3.95. The van der Waals surface area contributed by atoms with Crippen LogP contribution in [-0.2, 0) is 17.8 Å². The number of halogens is 2. The number of rotatable bonds is 8. The molecule has 1 saturated heterocycles. The fourth-order valence-electron chi connectivity index (χ4n) is 3.95. The minimum absolute atomic E-state index is 0. The number of aromatic nitrogens is 2. The second kappa shape index (κ2) is 13.0. The van der Waals surface area contributed by atoms with Gasteiger partial charge in [-0.05, 0) is 30.2 Å². The van der Waals surface area contributed by atoms with Gasteiger partial charge in [-0.3, -0.25) is 4.79 Å². The van der Waals surface area contributed by atoms with Crippen LogP contribution in [0.3, 0.4) is 0 Å². The highest BCUT2D eigenvalue weighted by atomic mass is 35.5. The molecule has 1 atom stereocenters. The fraction of sp³-hybridized carbons (Fsp3) is 0.565. The van der Waals surface area contributed by atoms with E-state index in [0.717, 1.165) is 50.0 Å². The molecule has 2 aromatic rings. The minimum Gasteiger partial charge on any atom is -0.341 e. The number of nitrogens with two attached hydrogens (primary N) is 1. The molecule has 1 aromatic carbocycles. The summed E-state index contributed by atoms with van der Waals surface area (Å²) in [6.07, 6.45) is 9.09. The Balaban J connectivity index is 0.00000225. The van der Waals surface area contributed by atoms with Crippen molar-refractivity contribution < 1.29 is 4.79 Å². The molecular weight excluding hydrogens is 419 g/mol. The second-order valence-corrected chi connectivity index (χ2v) is 8.57. The number of piperidine rings is 1. The number of imidazole rings is 1. The van der Waals surface area contributed by atoms with Gasteiger partial charge in [0, 0.05) is 32.3 Å². The van der Waals surface area contributed by atoms with Crippen LogP contribution in [0.1, 0.15) is 50.8 Å². The zero-order chi connectivity index (χ0) is 19.9. The van der Waals surface area contributed by atoms with E-state index in [2.05, 4.69) is 31.0 Å². The zero-order valence-corrected chi connectivity index (χ0v) is 19.7. The van der Waals surface area contributed by atoms with E-state index < -0.39 is 6.04 Å². The first-order valence-electron chi connectivity index (χ1n) is 10.6. The maximum absolute atomic E-state index is 12.7. The third kappa shape index (κ3) is 7.93. The summed E-state index contributed by atoms with van der Waals surface area (Å²) in [6, 6.07) is 9.77. The van der Waals surface area contributed by atoms with E-state index in [-0.39, 0.29) is 30.7 Å². The van der Waals surface area contributed by atoms with Gasteiger partial charge in [0.25, 0.3) is 0 Å². The van der Waals surface area contributed by atoms with E-state index in [9.17, 15) is 4.79 Å². The normalized spacial score (nSPS) is 15.4. The molecule has 0 radical (unpaired) electrons. The molecule has 1 aliphatic rings. The molecule has 0 spiro atoms. The van der Waals surface area contributed by atoms with Crippen LogP contribution in [0.15, 0.2) is 42.9 Å². The first-order valence-corrected chi connectivity index (χ1v) is 10.6. The van der Waals surface area contributed by atoms with Crippen LogP contribution < -0.4 is 5.73 Å². The summed E-state index contributed by atoms with van der Waals surface area (Å²) in [5.74, 6) is 1.59. The quantitative estimate of drug-likeness (QED) is 0.645. The van der Waals surface area contributed by atoms with Crippen LogP contribution in [-0.4, -0.2) is 39.5 Å². The first-order chi connectivity index (χ1) is 13.5. The highest BCUT2D eigenvalue weighted by Gasteiger charge is 2.26. The molecular formula is C23H36Cl2N4O. The van der Waals surface area contributed by atoms with Crippen molar-refractivity contribution in [3.05, 3.63) is 54.1 Å². The van der Waals surface area contributed by atoms with Gasteiger partial charge in [-0.15, -0.1) is 24.8 Å². The molecule has 0 unspecified atom stereocenters. The van der Waals surface area contributed by atoms with Crippen LogP contribution in [0.25, 0.3) is 0 Å². The Labute approximate surface area is 193 Å². The van der Waals surface area contributed by atoms with Gasteiger partial charge < -0.3 is 15.2 Å². The zero-order valence-electron chi connectivity index (χ0n) is 18.1. The van der Waals surface area contributed by atoms with E-state index in [1.807, 2.05) is 40.2 Å². The highest BCUT2D eigenvalue weighted by molar-refractivity contribution is 5.85. The monoisotopic (exact) mass is 454 g/mol. The largest absolute Gasteiger partial charge is 0.341 e. The SMILES string of the molecule is CC(C)CCC1CCN(C(=O)[C@@H](N)Cc2cn(Cc3ccccc3)cn2)CC1.Cl.Cl. The van der Waals surface area contributed by atoms with Crippen LogP contribution in [0.5, 0.6) is 0 Å². The van der Waals surface area contributed by atoms with Crippen molar-refractivity contribution in [2.75, 3.05) is 13.1 Å². The lowest BCUT2D eigenvalue weighted by Gasteiger charge is -2.33. The summed E-state index contributed by atoms with van der Waals surface area (Å²) < 4.78 is 2.04. The Kier molecular flexibility index (Phi) is 11.5. The van der Waals surface area contributed by atoms with Gasteiger partial charge >= 0.3 is 0 Å². The van der Waals surface area contributed by atoms with E-state index in [4.69, 9.17) is 5.73 Å². The average molecular weight is 455 g/mol. The van der Waals surface area contributed by atoms with E-state index in [1.54, 1.807) is 0 Å². The second-order valence-electron chi connectivity index (χ2n) is 8.57. The number of carbonyl (C=O) groups excluding carboxylic acids is 1. The first kappa shape index (κ1) is 26.5. The van der Waals surface area contributed by atoms with Crippen molar-refractivity contribution >= 4 is 30.7 Å². The smallest absolute Gasteiger partial charge is 0.239 e. The minimum atomic E-state index is -0.507. The van der Waals surface area contributed by atoms with E-state index in [0.29, 0.717) is 6.42 Å². The third-order valence-electron chi connectivity index (χ3n) is 5.72. The van der Waals surface area contributed by atoms with Gasteiger partial charge in [0.05, 0.1) is 18.1 Å². The van der Waals surface area contributed by atoms with Crippen LogP contribution in [0.4, 0.5) is 0 Å². The summed E-state index contributed by atoms with van der Waals surface area (Å²) in [5.41, 5.74) is 8.34. The predicted octanol–water partition coefficient (Wildman–Crippen LogP) is 4.32. The van der Waals surface area contributed by atoms with E-state index in [1.165, 1.54) is 18.4 Å². The van der Waals surface area contributed by atoms with Crippen LogP contribution >= 0.6 is 24.8 Å². The lowest BCUT2D eigenvalue weighted by molar-refractivity contribution is -0.134. The highest BCUT2D eigenvalue weighted by Crippen LogP contribution is 2.24. The molecule has 1 fully saturated rings. The standard InChI is InChI=1S/C23H34N4O.2ClH/c1-18(2)8-9-19-10-12-27(13-11-19)23(28)22(24)14-21-16-26(17-25-21)15-20-6-4-3-5-7-20;;/h3-7,16-19,22H,8-15,24H2,1-2H3;2*1H/t22-;;/m0../s1. The molecule has 2 N–H and O–H groups in total. The number of nitrogens with zero attached hydrogens (tertiary/aromatic N) is 3. The summed E-state index contributed by atoms with van der Waals surface area (Å²) in [7, 11) is 0. The Morgan fingerprint density at radius 3 is 2.47 bits per heavy atom. The van der Waals surface area contributed by atoms with Gasteiger partial charge in [0.1, 0.15) is 0 Å². The molecule has 168 valence electrons. The maximum atomic E-state index is 12.7. The Hall–Kier alpha value is -1.56. The number of likely N-dealkylation sites (tertiary alicyclic amines) is 1. The Bertz CT molecular complexity index is 743. The van der Waals surface area contributed by atoms with Crippen molar-refractivity contribution in [2.24, 2.45) is 17.6 Å². The summed E-state index contributed by atoms with van der Waals surface area (Å²) in [5, 5.41) is 0. The number of hydrogen-bond acceptors (Lipinski definition) is 3.